The second-order valence-electron chi connectivity index (χ2n) is 5.71. The monoisotopic (exact) mass is 290 g/mol. The second-order valence-corrected chi connectivity index (χ2v) is 5.71. The molecule has 1 aromatic rings. The third-order valence-electron chi connectivity index (χ3n) is 4.22. The molecule has 1 aliphatic rings. The van der Waals surface area contributed by atoms with Crippen LogP contribution in [0.15, 0.2) is 24.3 Å². The number of nitrogens with two attached hydrogens (primary N) is 1. The molecule has 2 rings (SSSR count). The van der Waals surface area contributed by atoms with Gasteiger partial charge >= 0.3 is 5.97 Å². The number of hydrogen-bond donors (Lipinski definition) is 2. The average molecular weight is 290 g/mol. The summed E-state index contributed by atoms with van der Waals surface area (Å²) in [7, 11) is 0. The molecule has 0 saturated heterocycles. The number of carboxylic acid groups (broad SMARTS) is 1. The van der Waals surface area contributed by atoms with E-state index in [1.807, 2.05) is 6.07 Å². The molecule has 1 saturated carbocycles. The van der Waals surface area contributed by atoms with Gasteiger partial charge in [-0.05, 0) is 30.9 Å². The summed E-state index contributed by atoms with van der Waals surface area (Å²) >= 11 is 0. The number of rotatable bonds is 5. The largest absolute Gasteiger partial charge is 0.481 e. The molecule has 1 fully saturated rings. The van der Waals surface area contributed by atoms with E-state index in [2.05, 4.69) is 6.92 Å². The summed E-state index contributed by atoms with van der Waals surface area (Å²) in [6.45, 7) is 2.24. The summed E-state index contributed by atoms with van der Waals surface area (Å²) in [6, 6.07) is 7.12. The number of carbonyl (C=O) groups is 2. The first-order valence-electron chi connectivity index (χ1n) is 7.38. The van der Waals surface area contributed by atoms with Crippen molar-refractivity contribution in [2.75, 3.05) is 17.2 Å². The Labute approximate surface area is 124 Å². The minimum absolute atomic E-state index is 0.000787. The highest BCUT2D eigenvalue weighted by Crippen LogP contribution is 2.35. The van der Waals surface area contributed by atoms with Crippen molar-refractivity contribution in [1.82, 2.24) is 0 Å². The maximum Gasteiger partial charge on any atom is 0.305 e. The lowest BCUT2D eigenvalue weighted by Crippen LogP contribution is -2.39. The third-order valence-corrected chi connectivity index (χ3v) is 4.22. The zero-order valence-electron chi connectivity index (χ0n) is 12.3. The molecule has 3 N–H and O–H groups in total. The smallest absolute Gasteiger partial charge is 0.305 e. The number of carboxylic acids is 1. The Bertz CT molecular complexity index is 530. The van der Waals surface area contributed by atoms with Gasteiger partial charge in [-0.25, -0.2) is 0 Å². The Morgan fingerprint density at radius 1 is 1.33 bits per heavy atom. The fraction of sp³-hybridized carbons (Fsp3) is 0.500. The summed E-state index contributed by atoms with van der Waals surface area (Å²) in [6.07, 6.45) is 2.89. The SMILES string of the molecule is CC1CCCC1C(=O)N(CCC(=O)O)c1ccccc1N. The fourth-order valence-corrected chi connectivity index (χ4v) is 3.00. The zero-order chi connectivity index (χ0) is 15.4. The van der Waals surface area contributed by atoms with Crippen LogP contribution in [0.4, 0.5) is 11.4 Å². The molecule has 2 unspecified atom stereocenters. The van der Waals surface area contributed by atoms with E-state index in [1.165, 1.54) is 0 Å². The van der Waals surface area contributed by atoms with Gasteiger partial charge in [-0.3, -0.25) is 9.59 Å². The van der Waals surface area contributed by atoms with Crippen LogP contribution in [-0.4, -0.2) is 23.5 Å². The standard InChI is InChI=1S/C16H22N2O3/c1-11-5-4-6-12(11)16(21)18(10-9-15(19)20)14-8-3-2-7-13(14)17/h2-3,7-8,11-12H,4-6,9-10,17H2,1H3,(H,19,20). The van der Waals surface area contributed by atoms with Gasteiger partial charge in [0.1, 0.15) is 0 Å². The number of carbonyl (C=O) groups excluding carboxylic acids is 1. The van der Waals surface area contributed by atoms with E-state index >= 15 is 0 Å². The number of nitrogens with zero attached hydrogens (tertiary/aromatic N) is 1. The molecule has 5 heteroatoms. The first-order valence-corrected chi connectivity index (χ1v) is 7.38. The van der Waals surface area contributed by atoms with E-state index in [-0.39, 0.29) is 24.8 Å². The summed E-state index contributed by atoms with van der Waals surface area (Å²) in [5.41, 5.74) is 7.07. The van der Waals surface area contributed by atoms with Crippen molar-refractivity contribution in [2.45, 2.75) is 32.6 Å². The number of anilines is 2. The number of nitrogen functional groups attached to an aromatic ring is 1. The third kappa shape index (κ3) is 3.54. The van der Waals surface area contributed by atoms with Gasteiger partial charge in [-0.1, -0.05) is 25.5 Å². The van der Waals surface area contributed by atoms with Crippen molar-refractivity contribution < 1.29 is 14.7 Å². The van der Waals surface area contributed by atoms with Gasteiger partial charge in [0.2, 0.25) is 5.91 Å². The van der Waals surface area contributed by atoms with Crippen LogP contribution in [0, 0.1) is 11.8 Å². The highest BCUT2D eigenvalue weighted by molar-refractivity contribution is 5.98. The molecule has 0 heterocycles. The second kappa shape index (κ2) is 6.61. The predicted molar refractivity (Wildman–Crippen MR) is 82.0 cm³/mol. The Morgan fingerprint density at radius 2 is 2.05 bits per heavy atom. The molecule has 0 spiro atoms. The molecule has 1 amide bonds. The lowest BCUT2D eigenvalue weighted by molar-refractivity contribution is -0.136. The average Bonchev–Trinajstić information content (AvgIpc) is 2.86. The number of benzene rings is 1. The maximum atomic E-state index is 12.8. The lowest BCUT2D eigenvalue weighted by Gasteiger charge is -2.28. The van der Waals surface area contributed by atoms with E-state index in [1.54, 1.807) is 23.1 Å². The summed E-state index contributed by atoms with van der Waals surface area (Å²) in [4.78, 5) is 25.2. The molecule has 0 bridgehead atoms. The summed E-state index contributed by atoms with van der Waals surface area (Å²) < 4.78 is 0. The molecule has 2 atom stereocenters. The Kier molecular flexibility index (Phi) is 4.83. The molecule has 21 heavy (non-hydrogen) atoms. The zero-order valence-corrected chi connectivity index (χ0v) is 12.3. The Morgan fingerprint density at radius 3 is 2.62 bits per heavy atom. The number of hydrogen-bond acceptors (Lipinski definition) is 3. The van der Waals surface area contributed by atoms with Crippen LogP contribution < -0.4 is 10.6 Å². The van der Waals surface area contributed by atoms with E-state index < -0.39 is 5.97 Å². The minimum atomic E-state index is -0.915. The predicted octanol–water partition coefficient (Wildman–Crippen LogP) is 2.51. The van der Waals surface area contributed by atoms with E-state index in [0.29, 0.717) is 17.3 Å². The minimum Gasteiger partial charge on any atom is -0.481 e. The van der Waals surface area contributed by atoms with Crippen LogP contribution in [0.2, 0.25) is 0 Å². The number of para-hydroxylation sites is 2. The van der Waals surface area contributed by atoms with Crippen LogP contribution in [-0.2, 0) is 9.59 Å². The summed E-state index contributed by atoms with van der Waals surface area (Å²) in [5, 5.41) is 8.91. The topological polar surface area (TPSA) is 83.6 Å². The van der Waals surface area contributed by atoms with Gasteiger partial charge in [0, 0.05) is 12.5 Å². The molecule has 0 aliphatic heterocycles. The van der Waals surface area contributed by atoms with Crippen molar-refractivity contribution in [3.63, 3.8) is 0 Å². The first-order chi connectivity index (χ1) is 10.0. The van der Waals surface area contributed by atoms with Gasteiger partial charge in [0.25, 0.3) is 0 Å². The van der Waals surface area contributed by atoms with Crippen molar-refractivity contribution in [3.05, 3.63) is 24.3 Å². The van der Waals surface area contributed by atoms with Gasteiger partial charge in [0.05, 0.1) is 17.8 Å². The van der Waals surface area contributed by atoms with Crippen LogP contribution in [0.1, 0.15) is 32.6 Å². The quantitative estimate of drug-likeness (QED) is 0.816. The van der Waals surface area contributed by atoms with Crippen molar-refractivity contribution >= 4 is 23.3 Å². The molecular formula is C16H22N2O3. The van der Waals surface area contributed by atoms with Crippen LogP contribution in [0.25, 0.3) is 0 Å². The maximum absolute atomic E-state index is 12.8. The van der Waals surface area contributed by atoms with Crippen LogP contribution >= 0.6 is 0 Å². The molecule has 114 valence electrons. The number of amides is 1. The van der Waals surface area contributed by atoms with Gasteiger partial charge in [-0.15, -0.1) is 0 Å². The van der Waals surface area contributed by atoms with Crippen LogP contribution in [0.3, 0.4) is 0 Å². The van der Waals surface area contributed by atoms with Gasteiger partial charge < -0.3 is 15.7 Å². The lowest BCUT2D eigenvalue weighted by atomic mass is 9.96. The molecular weight excluding hydrogens is 268 g/mol. The van der Waals surface area contributed by atoms with Gasteiger partial charge in [0.15, 0.2) is 0 Å². The van der Waals surface area contributed by atoms with Gasteiger partial charge in [-0.2, -0.15) is 0 Å². The summed E-state index contributed by atoms with van der Waals surface area (Å²) in [5.74, 6) is -0.603. The fourth-order valence-electron chi connectivity index (χ4n) is 3.00. The number of aliphatic carboxylic acids is 1. The van der Waals surface area contributed by atoms with E-state index in [9.17, 15) is 9.59 Å². The molecule has 0 radical (unpaired) electrons. The molecule has 1 aliphatic carbocycles. The first kappa shape index (κ1) is 15.4. The van der Waals surface area contributed by atoms with Crippen molar-refractivity contribution in [3.8, 4) is 0 Å². The Hall–Kier alpha value is -2.04. The highest BCUT2D eigenvalue weighted by atomic mass is 16.4. The molecule has 5 nitrogen and oxygen atoms in total. The highest BCUT2D eigenvalue weighted by Gasteiger charge is 2.33. The van der Waals surface area contributed by atoms with Crippen molar-refractivity contribution in [1.29, 1.82) is 0 Å². The normalized spacial score (nSPS) is 21.2. The van der Waals surface area contributed by atoms with Crippen molar-refractivity contribution in [2.24, 2.45) is 11.8 Å². The Balaban J connectivity index is 2.25. The van der Waals surface area contributed by atoms with E-state index in [0.717, 1.165) is 19.3 Å². The molecule has 1 aromatic carbocycles. The molecule has 0 aromatic heterocycles. The van der Waals surface area contributed by atoms with Crippen LogP contribution in [0.5, 0.6) is 0 Å². The van der Waals surface area contributed by atoms with E-state index in [4.69, 9.17) is 10.8 Å².